The monoisotopic (exact) mass is 311 g/mol. The summed E-state index contributed by atoms with van der Waals surface area (Å²) in [5, 5.41) is 17.5. The molecule has 1 aromatic rings. The van der Waals surface area contributed by atoms with Crippen molar-refractivity contribution >= 4 is 23.3 Å². The number of urea groups is 1. The highest BCUT2D eigenvalue weighted by atomic mass is 32.1. The summed E-state index contributed by atoms with van der Waals surface area (Å²) in [5.41, 5.74) is 0.744. The van der Waals surface area contributed by atoms with E-state index >= 15 is 0 Å². The molecule has 0 spiro atoms. The first-order valence-electron chi connectivity index (χ1n) is 7.14. The largest absolute Gasteiger partial charge is 0.481 e. The van der Waals surface area contributed by atoms with E-state index in [2.05, 4.69) is 15.6 Å². The second-order valence-electron chi connectivity index (χ2n) is 5.64. The summed E-state index contributed by atoms with van der Waals surface area (Å²) in [5.74, 6) is -0.796. The number of thiazole rings is 1. The molecule has 1 aliphatic rings. The number of aliphatic carboxylic acids is 1. The lowest BCUT2D eigenvalue weighted by Crippen LogP contribution is -2.46. The number of aryl methyl sites for hydroxylation is 1. The Morgan fingerprint density at radius 3 is 2.71 bits per heavy atom. The maximum Gasteiger partial charge on any atom is 0.314 e. The van der Waals surface area contributed by atoms with Crippen molar-refractivity contribution < 1.29 is 14.7 Å². The minimum absolute atomic E-state index is 0.130. The predicted octanol–water partition coefficient (Wildman–Crippen LogP) is 1.94. The molecule has 2 rings (SSSR count). The van der Waals surface area contributed by atoms with Crippen molar-refractivity contribution in [3.8, 4) is 0 Å². The van der Waals surface area contributed by atoms with Crippen molar-refractivity contribution in [2.75, 3.05) is 13.1 Å². The Hall–Kier alpha value is -1.63. The van der Waals surface area contributed by atoms with Crippen LogP contribution in [0.4, 0.5) is 4.79 Å². The van der Waals surface area contributed by atoms with Crippen LogP contribution in [0.25, 0.3) is 0 Å². The fourth-order valence-corrected chi connectivity index (χ4v) is 3.22. The first-order chi connectivity index (χ1) is 9.99. The average molecular weight is 311 g/mol. The molecule has 0 atom stereocenters. The van der Waals surface area contributed by atoms with Gasteiger partial charge in [-0.2, -0.15) is 0 Å². The first kappa shape index (κ1) is 15.8. The van der Waals surface area contributed by atoms with Crippen molar-refractivity contribution in [2.24, 2.45) is 5.41 Å². The zero-order valence-corrected chi connectivity index (χ0v) is 13.0. The van der Waals surface area contributed by atoms with Crippen LogP contribution >= 0.6 is 11.3 Å². The number of amides is 2. The molecule has 3 N–H and O–H groups in total. The first-order valence-corrected chi connectivity index (χ1v) is 8.02. The van der Waals surface area contributed by atoms with Gasteiger partial charge in [-0.25, -0.2) is 9.78 Å². The normalized spacial score (nSPS) is 16.0. The quantitative estimate of drug-likeness (QED) is 0.717. The van der Waals surface area contributed by atoms with Gasteiger partial charge in [0, 0.05) is 24.9 Å². The number of carboxylic acid groups (broad SMARTS) is 1. The van der Waals surface area contributed by atoms with Gasteiger partial charge >= 0.3 is 12.0 Å². The standard InChI is InChI=1S/C14H21N3O3S/c1-10-17-11(8-21-10)3-6-15-13(20)16-9-14(4-2-5-14)7-12(18)19/h8H,2-7,9H2,1H3,(H,18,19)(H2,15,16,20). The third kappa shape index (κ3) is 4.70. The molecule has 1 saturated carbocycles. The minimum Gasteiger partial charge on any atom is -0.481 e. The van der Waals surface area contributed by atoms with Crippen LogP contribution in [0, 0.1) is 12.3 Å². The summed E-state index contributed by atoms with van der Waals surface area (Å²) in [4.78, 5) is 26.9. The van der Waals surface area contributed by atoms with Crippen LogP contribution in [-0.2, 0) is 11.2 Å². The summed E-state index contributed by atoms with van der Waals surface area (Å²) in [6.45, 7) is 2.91. The van der Waals surface area contributed by atoms with E-state index in [1.807, 2.05) is 12.3 Å². The molecule has 0 saturated heterocycles. The van der Waals surface area contributed by atoms with Crippen molar-refractivity contribution in [3.63, 3.8) is 0 Å². The molecular formula is C14H21N3O3S. The molecule has 0 unspecified atom stereocenters. The van der Waals surface area contributed by atoms with Gasteiger partial charge in [0.25, 0.3) is 0 Å². The minimum atomic E-state index is -0.796. The number of rotatable bonds is 7. The van der Waals surface area contributed by atoms with Gasteiger partial charge in [0.15, 0.2) is 0 Å². The maximum absolute atomic E-state index is 11.7. The van der Waals surface area contributed by atoms with Gasteiger partial charge in [-0.1, -0.05) is 6.42 Å². The van der Waals surface area contributed by atoms with Crippen LogP contribution in [-0.4, -0.2) is 35.2 Å². The van der Waals surface area contributed by atoms with Gasteiger partial charge in [0.1, 0.15) is 0 Å². The molecule has 1 heterocycles. The number of carbonyl (C=O) groups excluding carboxylic acids is 1. The predicted molar refractivity (Wildman–Crippen MR) is 80.5 cm³/mol. The molecule has 2 amide bonds. The van der Waals surface area contributed by atoms with Gasteiger partial charge in [-0.05, 0) is 25.2 Å². The summed E-state index contributed by atoms with van der Waals surface area (Å²) in [6, 6.07) is -0.237. The molecule has 1 aromatic heterocycles. The number of nitrogens with one attached hydrogen (secondary N) is 2. The molecule has 0 aromatic carbocycles. The average Bonchev–Trinajstić information content (AvgIpc) is 2.78. The van der Waals surface area contributed by atoms with Gasteiger partial charge in [-0.3, -0.25) is 4.79 Å². The summed E-state index contributed by atoms with van der Waals surface area (Å²) >= 11 is 1.60. The van der Waals surface area contributed by atoms with Crippen LogP contribution in [0.1, 0.15) is 36.4 Å². The number of hydrogen-bond acceptors (Lipinski definition) is 4. The van der Waals surface area contributed by atoms with Crippen molar-refractivity contribution in [2.45, 2.75) is 39.0 Å². The van der Waals surface area contributed by atoms with Crippen LogP contribution in [0.2, 0.25) is 0 Å². The molecular weight excluding hydrogens is 290 g/mol. The van der Waals surface area contributed by atoms with E-state index in [4.69, 9.17) is 5.11 Å². The fourth-order valence-electron chi connectivity index (χ4n) is 2.57. The maximum atomic E-state index is 11.7. The third-order valence-electron chi connectivity index (χ3n) is 3.90. The third-order valence-corrected chi connectivity index (χ3v) is 4.72. The smallest absolute Gasteiger partial charge is 0.314 e. The van der Waals surface area contributed by atoms with E-state index in [1.165, 1.54) is 0 Å². The Morgan fingerprint density at radius 1 is 1.43 bits per heavy atom. The van der Waals surface area contributed by atoms with Crippen LogP contribution in [0.5, 0.6) is 0 Å². The molecule has 0 radical (unpaired) electrons. The van der Waals surface area contributed by atoms with Crippen LogP contribution in [0.3, 0.4) is 0 Å². The van der Waals surface area contributed by atoms with E-state index in [1.54, 1.807) is 11.3 Å². The van der Waals surface area contributed by atoms with Crippen LogP contribution < -0.4 is 10.6 Å². The zero-order valence-electron chi connectivity index (χ0n) is 12.1. The molecule has 1 aliphatic carbocycles. The van der Waals surface area contributed by atoms with Crippen molar-refractivity contribution in [1.29, 1.82) is 0 Å². The number of carboxylic acids is 1. The van der Waals surface area contributed by atoms with E-state index in [0.29, 0.717) is 19.5 Å². The Bertz CT molecular complexity index is 511. The fraction of sp³-hybridized carbons (Fsp3) is 0.643. The van der Waals surface area contributed by atoms with Gasteiger partial charge in [-0.15, -0.1) is 11.3 Å². The Labute approximate surface area is 128 Å². The second-order valence-corrected chi connectivity index (χ2v) is 6.70. The lowest BCUT2D eigenvalue weighted by Gasteiger charge is -2.40. The van der Waals surface area contributed by atoms with Gasteiger partial charge in [0.2, 0.25) is 0 Å². The Morgan fingerprint density at radius 2 is 2.19 bits per heavy atom. The highest BCUT2D eigenvalue weighted by Crippen LogP contribution is 2.43. The molecule has 0 bridgehead atoms. The molecule has 21 heavy (non-hydrogen) atoms. The number of aromatic nitrogens is 1. The lowest BCUT2D eigenvalue weighted by molar-refractivity contribution is -0.141. The highest BCUT2D eigenvalue weighted by molar-refractivity contribution is 7.09. The summed E-state index contributed by atoms with van der Waals surface area (Å²) < 4.78 is 0. The molecule has 7 heteroatoms. The molecule has 1 fully saturated rings. The topological polar surface area (TPSA) is 91.3 Å². The summed E-state index contributed by atoms with van der Waals surface area (Å²) in [7, 11) is 0. The van der Waals surface area contributed by atoms with Crippen LogP contribution in [0.15, 0.2) is 5.38 Å². The van der Waals surface area contributed by atoms with Gasteiger partial charge in [0.05, 0.1) is 17.1 Å². The summed E-state index contributed by atoms with van der Waals surface area (Å²) in [6.07, 6.45) is 3.62. The number of hydrogen-bond donors (Lipinski definition) is 3. The van der Waals surface area contributed by atoms with Crippen molar-refractivity contribution in [3.05, 3.63) is 16.1 Å². The number of nitrogens with zero attached hydrogens (tertiary/aromatic N) is 1. The molecule has 6 nitrogen and oxygen atoms in total. The Kier molecular flexibility index (Phi) is 5.17. The molecule has 116 valence electrons. The van der Waals surface area contributed by atoms with E-state index < -0.39 is 5.97 Å². The van der Waals surface area contributed by atoms with E-state index in [0.717, 1.165) is 30.0 Å². The second kappa shape index (κ2) is 6.89. The lowest BCUT2D eigenvalue weighted by atomic mass is 9.66. The Balaban J connectivity index is 1.66. The molecule has 0 aliphatic heterocycles. The van der Waals surface area contributed by atoms with Crippen molar-refractivity contribution in [1.82, 2.24) is 15.6 Å². The SMILES string of the molecule is Cc1nc(CCNC(=O)NCC2(CC(=O)O)CCC2)cs1. The number of carbonyl (C=O) groups is 2. The zero-order chi connectivity index (χ0) is 15.3. The highest BCUT2D eigenvalue weighted by Gasteiger charge is 2.39. The van der Waals surface area contributed by atoms with E-state index in [9.17, 15) is 9.59 Å². The van der Waals surface area contributed by atoms with Gasteiger partial charge < -0.3 is 15.7 Å². The van der Waals surface area contributed by atoms with E-state index in [-0.39, 0.29) is 17.9 Å².